The van der Waals surface area contributed by atoms with E-state index in [1.54, 1.807) is 36.1 Å². The third kappa shape index (κ3) is 4.45. The lowest BCUT2D eigenvalue weighted by Gasteiger charge is -2.32. The largest absolute Gasteiger partial charge is 0.455 e. The standard InChI is InChI=1S/C23H28N2O5S/c1-15-8-10-18(11-9-15)31(28,29)24-13-17-5-4-12-25(14-17)23(27)22-16(2)21-19(26)6-3-7-20(21)30-22/h8-11,17,24H,3-7,12-14H2,1-2H3. The van der Waals surface area contributed by atoms with Crippen molar-refractivity contribution in [3.8, 4) is 0 Å². The van der Waals surface area contributed by atoms with Gasteiger partial charge in [-0.3, -0.25) is 9.59 Å². The van der Waals surface area contributed by atoms with E-state index in [1.807, 2.05) is 6.92 Å². The molecule has 2 aromatic rings. The second-order valence-electron chi connectivity index (χ2n) is 8.56. The number of carbonyl (C=O) groups is 2. The van der Waals surface area contributed by atoms with Gasteiger partial charge in [0.25, 0.3) is 5.91 Å². The molecule has 1 N–H and O–H groups in total. The van der Waals surface area contributed by atoms with Crippen molar-refractivity contribution in [2.24, 2.45) is 5.92 Å². The molecule has 7 nitrogen and oxygen atoms in total. The maximum Gasteiger partial charge on any atom is 0.289 e. The average Bonchev–Trinajstić information content (AvgIpc) is 3.10. The fourth-order valence-corrected chi connectivity index (χ4v) is 5.56. The van der Waals surface area contributed by atoms with E-state index in [4.69, 9.17) is 4.42 Å². The van der Waals surface area contributed by atoms with Gasteiger partial charge in [-0.1, -0.05) is 17.7 Å². The first-order valence-corrected chi connectivity index (χ1v) is 12.3. The molecular weight excluding hydrogens is 416 g/mol. The number of fused-ring (bicyclic) bond motifs is 1. The molecule has 1 unspecified atom stereocenters. The Hall–Kier alpha value is -2.45. The molecule has 4 rings (SSSR count). The molecule has 1 aliphatic carbocycles. The third-order valence-electron chi connectivity index (χ3n) is 6.20. The van der Waals surface area contributed by atoms with Gasteiger partial charge in [-0.25, -0.2) is 13.1 Å². The number of Topliss-reactive ketones (excluding diaryl/α,β-unsaturated/α-hetero) is 1. The molecule has 1 aromatic heterocycles. The maximum atomic E-state index is 13.1. The maximum absolute atomic E-state index is 13.1. The van der Waals surface area contributed by atoms with Crippen molar-refractivity contribution in [1.29, 1.82) is 0 Å². The van der Waals surface area contributed by atoms with Crippen molar-refractivity contribution in [3.05, 3.63) is 52.5 Å². The van der Waals surface area contributed by atoms with Gasteiger partial charge in [0.1, 0.15) is 5.76 Å². The minimum atomic E-state index is -3.59. The Bertz CT molecular complexity index is 1100. The van der Waals surface area contributed by atoms with E-state index in [0.29, 0.717) is 42.8 Å². The van der Waals surface area contributed by atoms with Crippen molar-refractivity contribution in [3.63, 3.8) is 0 Å². The van der Waals surface area contributed by atoms with Crippen LogP contribution in [-0.4, -0.2) is 44.6 Å². The zero-order valence-corrected chi connectivity index (χ0v) is 18.8. The van der Waals surface area contributed by atoms with Crippen LogP contribution in [0.3, 0.4) is 0 Å². The summed E-state index contributed by atoms with van der Waals surface area (Å²) in [7, 11) is -3.59. The van der Waals surface area contributed by atoms with Gasteiger partial charge in [-0.15, -0.1) is 0 Å². The number of piperidine rings is 1. The fraction of sp³-hybridized carbons (Fsp3) is 0.478. The van der Waals surface area contributed by atoms with E-state index in [0.717, 1.165) is 24.8 Å². The summed E-state index contributed by atoms with van der Waals surface area (Å²) in [5.74, 6) is 0.719. The summed E-state index contributed by atoms with van der Waals surface area (Å²) < 4.78 is 33.6. The summed E-state index contributed by atoms with van der Waals surface area (Å²) in [5, 5.41) is 0. The van der Waals surface area contributed by atoms with Gasteiger partial charge in [0.2, 0.25) is 10.0 Å². The van der Waals surface area contributed by atoms with Gasteiger partial charge in [0, 0.05) is 38.0 Å². The first-order valence-electron chi connectivity index (χ1n) is 10.8. The van der Waals surface area contributed by atoms with Crippen molar-refractivity contribution < 1.29 is 22.4 Å². The molecule has 1 aliphatic heterocycles. The Balaban J connectivity index is 1.42. The van der Waals surface area contributed by atoms with Gasteiger partial charge >= 0.3 is 0 Å². The van der Waals surface area contributed by atoms with E-state index < -0.39 is 10.0 Å². The predicted molar refractivity (Wildman–Crippen MR) is 116 cm³/mol. The van der Waals surface area contributed by atoms with Crippen molar-refractivity contribution >= 4 is 21.7 Å². The first kappa shape index (κ1) is 21.8. The summed E-state index contributed by atoms with van der Waals surface area (Å²) in [6.45, 7) is 5.00. The van der Waals surface area contributed by atoms with Crippen LogP contribution in [0, 0.1) is 19.8 Å². The number of rotatable bonds is 5. The number of hydrogen-bond acceptors (Lipinski definition) is 5. The zero-order chi connectivity index (χ0) is 22.2. The van der Waals surface area contributed by atoms with Crippen LogP contribution in [0.25, 0.3) is 0 Å². The Kier molecular flexibility index (Phi) is 6.03. The second-order valence-corrected chi connectivity index (χ2v) is 10.3. The van der Waals surface area contributed by atoms with E-state index >= 15 is 0 Å². The van der Waals surface area contributed by atoms with Crippen molar-refractivity contribution in [2.45, 2.75) is 50.8 Å². The van der Waals surface area contributed by atoms with Crippen LogP contribution < -0.4 is 4.72 Å². The number of nitrogens with zero attached hydrogens (tertiary/aromatic N) is 1. The molecule has 0 saturated carbocycles. The van der Waals surface area contributed by atoms with Crippen LogP contribution in [0.15, 0.2) is 33.6 Å². The number of likely N-dealkylation sites (tertiary alicyclic amines) is 1. The lowest BCUT2D eigenvalue weighted by molar-refractivity contribution is 0.0641. The highest BCUT2D eigenvalue weighted by molar-refractivity contribution is 7.89. The molecule has 166 valence electrons. The van der Waals surface area contributed by atoms with E-state index in [2.05, 4.69) is 4.72 Å². The molecular formula is C23H28N2O5S. The van der Waals surface area contributed by atoms with Gasteiger partial charge in [0.05, 0.1) is 10.5 Å². The van der Waals surface area contributed by atoms with E-state index in [9.17, 15) is 18.0 Å². The summed E-state index contributed by atoms with van der Waals surface area (Å²) in [4.78, 5) is 27.3. The monoisotopic (exact) mass is 444 g/mol. The van der Waals surface area contributed by atoms with Gasteiger partial charge in [-0.05, 0) is 51.2 Å². The molecule has 1 atom stereocenters. The molecule has 0 spiro atoms. The zero-order valence-electron chi connectivity index (χ0n) is 17.9. The summed E-state index contributed by atoms with van der Waals surface area (Å²) >= 11 is 0. The minimum absolute atomic E-state index is 0.0180. The fourth-order valence-electron chi connectivity index (χ4n) is 4.44. The van der Waals surface area contributed by atoms with Gasteiger partial charge in [-0.2, -0.15) is 0 Å². The molecule has 0 bridgehead atoms. The van der Waals surface area contributed by atoms with Crippen LogP contribution in [0.4, 0.5) is 0 Å². The Morgan fingerprint density at radius 3 is 2.61 bits per heavy atom. The lowest BCUT2D eigenvalue weighted by Crippen LogP contribution is -2.43. The number of ketones is 1. The number of furan rings is 1. The molecule has 8 heteroatoms. The number of nitrogens with one attached hydrogen (secondary N) is 1. The highest BCUT2D eigenvalue weighted by Gasteiger charge is 2.33. The number of hydrogen-bond donors (Lipinski definition) is 1. The number of carbonyl (C=O) groups excluding carboxylic acids is 2. The number of sulfonamides is 1. The van der Waals surface area contributed by atoms with Crippen LogP contribution >= 0.6 is 0 Å². The molecule has 1 amide bonds. The normalized spacial score (nSPS) is 19.4. The Morgan fingerprint density at radius 2 is 1.90 bits per heavy atom. The topological polar surface area (TPSA) is 96.7 Å². The highest BCUT2D eigenvalue weighted by atomic mass is 32.2. The summed E-state index contributed by atoms with van der Waals surface area (Å²) in [6, 6.07) is 6.73. The minimum Gasteiger partial charge on any atom is -0.455 e. The van der Waals surface area contributed by atoms with Crippen LogP contribution in [0.5, 0.6) is 0 Å². The van der Waals surface area contributed by atoms with Crippen molar-refractivity contribution in [1.82, 2.24) is 9.62 Å². The molecule has 2 aliphatic rings. The summed E-state index contributed by atoms with van der Waals surface area (Å²) in [5.41, 5.74) is 2.21. The molecule has 2 heterocycles. The van der Waals surface area contributed by atoms with Crippen LogP contribution in [0.1, 0.15) is 63.5 Å². The van der Waals surface area contributed by atoms with Gasteiger partial charge in [0.15, 0.2) is 11.5 Å². The van der Waals surface area contributed by atoms with Gasteiger partial charge < -0.3 is 9.32 Å². The number of benzene rings is 1. The quantitative estimate of drug-likeness (QED) is 0.764. The number of amides is 1. The van der Waals surface area contributed by atoms with E-state index in [-0.39, 0.29) is 34.8 Å². The highest BCUT2D eigenvalue weighted by Crippen LogP contribution is 2.31. The smallest absolute Gasteiger partial charge is 0.289 e. The summed E-state index contributed by atoms with van der Waals surface area (Å²) in [6.07, 6.45) is 3.55. The molecule has 1 saturated heterocycles. The molecule has 1 fully saturated rings. The first-order chi connectivity index (χ1) is 14.8. The SMILES string of the molecule is Cc1ccc(S(=O)(=O)NCC2CCCN(C(=O)c3oc4c(c3C)C(=O)CCC4)C2)cc1. The third-order valence-corrected chi connectivity index (χ3v) is 7.64. The molecule has 0 radical (unpaired) electrons. The number of aryl methyl sites for hydroxylation is 2. The predicted octanol–water partition coefficient (Wildman–Crippen LogP) is 3.25. The Morgan fingerprint density at radius 1 is 1.16 bits per heavy atom. The Labute approximate surface area is 182 Å². The van der Waals surface area contributed by atoms with Crippen molar-refractivity contribution in [2.75, 3.05) is 19.6 Å². The lowest BCUT2D eigenvalue weighted by atomic mass is 9.93. The average molecular weight is 445 g/mol. The molecule has 31 heavy (non-hydrogen) atoms. The van der Waals surface area contributed by atoms with Crippen LogP contribution in [0.2, 0.25) is 0 Å². The van der Waals surface area contributed by atoms with E-state index in [1.165, 1.54) is 0 Å². The van der Waals surface area contributed by atoms with Crippen LogP contribution in [-0.2, 0) is 16.4 Å². The molecule has 1 aromatic carbocycles. The second kappa shape index (κ2) is 8.59.